The zero-order valence-electron chi connectivity index (χ0n) is 14.8. The van der Waals surface area contributed by atoms with Gasteiger partial charge in [-0.1, -0.05) is 41.4 Å². The molecule has 4 aromatic rings. The van der Waals surface area contributed by atoms with Crippen LogP contribution in [0.2, 0.25) is 10.0 Å². The van der Waals surface area contributed by atoms with Crippen LogP contribution in [0, 0.1) is 0 Å². The van der Waals surface area contributed by atoms with E-state index in [0.29, 0.717) is 38.0 Å². The largest absolute Gasteiger partial charge is 0.505 e. The lowest BCUT2D eigenvalue weighted by atomic mass is 10.0. The van der Waals surface area contributed by atoms with Crippen molar-refractivity contribution < 1.29 is 19.7 Å². The van der Waals surface area contributed by atoms with Crippen molar-refractivity contribution in [3.63, 3.8) is 0 Å². The third-order valence-corrected chi connectivity index (χ3v) is 4.86. The third kappa shape index (κ3) is 3.70. The first-order chi connectivity index (χ1) is 13.9. The quantitative estimate of drug-likeness (QED) is 0.395. The average molecular weight is 426 g/mol. The molecule has 0 unspecified atom stereocenters. The number of halogens is 2. The SMILES string of the molecule is O=C(O)c1c(O)c(-c2ccc(Oc3ccc(Cl)cc3Cl)cc2)nc2ccccc12. The van der Waals surface area contributed by atoms with Gasteiger partial charge in [-0.2, -0.15) is 0 Å². The number of ether oxygens (including phenoxy) is 1. The van der Waals surface area contributed by atoms with Crippen molar-refractivity contribution >= 4 is 40.1 Å². The summed E-state index contributed by atoms with van der Waals surface area (Å²) >= 11 is 12.0. The number of pyridine rings is 1. The highest BCUT2D eigenvalue weighted by Gasteiger charge is 2.20. The molecule has 4 rings (SSSR count). The van der Waals surface area contributed by atoms with E-state index in [4.69, 9.17) is 27.9 Å². The Morgan fingerprint density at radius 1 is 0.966 bits per heavy atom. The molecule has 0 radical (unpaired) electrons. The summed E-state index contributed by atoms with van der Waals surface area (Å²) in [4.78, 5) is 16.1. The molecule has 0 amide bonds. The third-order valence-electron chi connectivity index (χ3n) is 4.33. The Morgan fingerprint density at radius 2 is 1.69 bits per heavy atom. The van der Waals surface area contributed by atoms with Crippen LogP contribution in [-0.4, -0.2) is 21.2 Å². The van der Waals surface area contributed by atoms with Gasteiger partial charge in [0.1, 0.15) is 22.8 Å². The molecule has 3 aromatic carbocycles. The second-order valence-electron chi connectivity index (χ2n) is 6.21. The summed E-state index contributed by atoms with van der Waals surface area (Å²) < 4.78 is 5.75. The van der Waals surface area contributed by atoms with Crippen LogP contribution in [0.1, 0.15) is 10.4 Å². The molecule has 0 saturated heterocycles. The number of nitrogens with zero attached hydrogens (tertiary/aromatic N) is 1. The Morgan fingerprint density at radius 3 is 2.38 bits per heavy atom. The maximum Gasteiger partial charge on any atom is 0.340 e. The number of hydrogen-bond donors (Lipinski definition) is 2. The molecule has 0 aliphatic heterocycles. The summed E-state index contributed by atoms with van der Waals surface area (Å²) in [6.45, 7) is 0. The van der Waals surface area contributed by atoms with Crippen molar-refractivity contribution in [2.75, 3.05) is 0 Å². The molecular formula is C22H13Cl2NO4. The van der Waals surface area contributed by atoms with Crippen molar-refractivity contribution in [2.24, 2.45) is 0 Å². The first kappa shape index (κ1) is 19.1. The van der Waals surface area contributed by atoms with Crippen LogP contribution in [0.25, 0.3) is 22.2 Å². The predicted molar refractivity (Wildman–Crippen MR) is 112 cm³/mol. The van der Waals surface area contributed by atoms with E-state index in [9.17, 15) is 15.0 Å². The fourth-order valence-electron chi connectivity index (χ4n) is 2.99. The maximum absolute atomic E-state index is 11.7. The summed E-state index contributed by atoms with van der Waals surface area (Å²) in [5.41, 5.74) is 1.02. The molecule has 2 N–H and O–H groups in total. The lowest BCUT2D eigenvalue weighted by Crippen LogP contribution is -2.01. The van der Waals surface area contributed by atoms with Gasteiger partial charge in [-0.15, -0.1) is 0 Å². The van der Waals surface area contributed by atoms with Crippen molar-refractivity contribution in [3.8, 4) is 28.5 Å². The Kier molecular flexibility index (Phi) is 5.01. The number of fused-ring (bicyclic) bond motifs is 1. The maximum atomic E-state index is 11.7. The van der Waals surface area contributed by atoms with Crippen LogP contribution in [0.5, 0.6) is 17.2 Å². The lowest BCUT2D eigenvalue weighted by Gasteiger charge is -2.12. The standard InChI is InChI=1S/C22H13Cl2NO4/c23-13-7-10-18(16(24)11-13)29-14-8-5-12(6-9-14)20-21(26)19(22(27)28)15-3-1-2-4-17(15)25-20/h1-11,26H,(H,27,28). The zero-order chi connectivity index (χ0) is 20.5. The topological polar surface area (TPSA) is 79.7 Å². The molecule has 0 atom stereocenters. The van der Waals surface area contributed by atoms with Crippen molar-refractivity contribution in [1.29, 1.82) is 0 Å². The Balaban J connectivity index is 1.73. The Labute approximate surface area is 175 Å². The number of aromatic nitrogens is 1. The highest BCUT2D eigenvalue weighted by Crippen LogP contribution is 2.37. The molecule has 7 heteroatoms. The van der Waals surface area contributed by atoms with Crippen LogP contribution in [0.4, 0.5) is 0 Å². The number of para-hydroxylation sites is 1. The van der Waals surface area contributed by atoms with E-state index in [-0.39, 0.29) is 17.0 Å². The van der Waals surface area contributed by atoms with Crippen LogP contribution < -0.4 is 4.74 Å². The predicted octanol–water partition coefficient (Wildman–Crippen LogP) is 6.40. The van der Waals surface area contributed by atoms with Gasteiger partial charge in [-0.3, -0.25) is 0 Å². The van der Waals surface area contributed by atoms with Crippen molar-refractivity contribution in [3.05, 3.63) is 82.3 Å². The minimum absolute atomic E-state index is 0.178. The first-order valence-electron chi connectivity index (χ1n) is 8.52. The second-order valence-corrected chi connectivity index (χ2v) is 7.05. The van der Waals surface area contributed by atoms with Gasteiger partial charge in [-0.05, 0) is 48.5 Å². The highest BCUT2D eigenvalue weighted by atomic mass is 35.5. The van der Waals surface area contributed by atoms with Crippen molar-refractivity contribution in [1.82, 2.24) is 4.98 Å². The van der Waals surface area contributed by atoms with Gasteiger partial charge >= 0.3 is 5.97 Å². The summed E-state index contributed by atoms with van der Waals surface area (Å²) in [5, 5.41) is 21.4. The van der Waals surface area contributed by atoms with E-state index in [2.05, 4.69) is 4.98 Å². The van der Waals surface area contributed by atoms with Crippen molar-refractivity contribution in [2.45, 2.75) is 0 Å². The number of hydrogen-bond acceptors (Lipinski definition) is 4. The van der Waals surface area contributed by atoms with E-state index in [1.54, 1.807) is 66.7 Å². The van der Waals surface area contributed by atoms with Crippen LogP contribution in [0.3, 0.4) is 0 Å². The number of benzene rings is 3. The molecule has 1 heterocycles. The van der Waals surface area contributed by atoms with E-state index >= 15 is 0 Å². The van der Waals surface area contributed by atoms with E-state index in [0.717, 1.165) is 0 Å². The molecule has 5 nitrogen and oxygen atoms in total. The number of aromatic hydroxyl groups is 1. The molecule has 0 aliphatic rings. The summed E-state index contributed by atoms with van der Waals surface area (Å²) in [7, 11) is 0. The number of carbonyl (C=O) groups is 1. The fraction of sp³-hybridized carbons (Fsp3) is 0. The van der Waals surface area contributed by atoms with Gasteiger partial charge < -0.3 is 14.9 Å². The first-order valence-corrected chi connectivity index (χ1v) is 9.28. The van der Waals surface area contributed by atoms with Crippen LogP contribution in [0.15, 0.2) is 66.7 Å². The fourth-order valence-corrected chi connectivity index (χ4v) is 3.43. The molecule has 0 fully saturated rings. The lowest BCUT2D eigenvalue weighted by molar-refractivity contribution is 0.0696. The molecule has 1 aromatic heterocycles. The Hall–Kier alpha value is -3.28. The number of aromatic carboxylic acids is 1. The number of rotatable bonds is 4. The molecule has 0 spiro atoms. The second kappa shape index (κ2) is 7.62. The molecule has 0 bridgehead atoms. The van der Waals surface area contributed by atoms with E-state index in [1.807, 2.05) is 0 Å². The normalized spacial score (nSPS) is 10.8. The van der Waals surface area contributed by atoms with Gasteiger partial charge in [0.2, 0.25) is 0 Å². The van der Waals surface area contributed by atoms with Gasteiger partial charge in [0.15, 0.2) is 5.75 Å². The van der Waals surface area contributed by atoms with E-state index in [1.165, 1.54) is 0 Å². The number of carboxylic acid groups (broad SMARTS) is 1. The summed E-state index contributed by atoms with van der Waals surface area (Å²) in [6.07, 6.45) is 0. The summed E-state index contributed by atoms with van der Waals surface area (Å²) in [6, 6.07) is 18.4. The minimum Gasteiger partial charge on any atom is -0.505 e. The Bertz CT molecular complexity index is 1240. The van der Waals surface area contributed by atoms with Gasteiger partial charge in [0.05, 0.1) is 10.5 Å². The van der Waals surface area contributed by atoms with Gasteiger partial charge in [-0.25, -0.2) is 9.78 Å². The zero-order valence-corrected chi connectivity index (χ0v) is 16.3. The molecular weight excluding hydrogens is 413 g/mol. The van der Waals surface area contributed by atoms with Crippen LogP contribution >= 0.6 is 23.2 Å². The van der Waals surface area contributed by atoms with Gasteiger partial charge in [0.25, 0.3) is 0 Å². The molecule has 0 saturated carbocycles. The molecule has 0 aliphatic carbocycles. The highest BCUT2D eigenvalue weighted by molar-refractivity contribution is 6.35. The average Bonchev–Trinajstić information content (AvgIpc) is 2.70. The minimum atomic E-state index is -1.22. The van der Waals surface area contributed by atoms with E-state index < -0.39 is 5.97 Å². The van der Waals surface area contributed by atoms with Crippen LogP contribution in [-0.2, 0) is 0 Å². The molecule has 29 heavy (non-hydrogen) atoms. The summed E-state index contributed by atoms with van der Waals surface area (Å²) in [5.74, 6) is -0.648. The molecule has 144 valence electrons. The smallest absolute Gasteiger partial charge is 0.340 e. The monoisotopic (exact) mass is 425 g/mol. The van der Waals surface area contributed by atoms with Gasteiger partial charge in [0, 0.05) is 16.0 Å². The number of carboxylic acids is 1.